The van der Waals surface area contributed by atoms with Crippen LogP contribution in [0.5, 0.6) is 11.5 Å². The van der Waals surface area contributed by atoms with Crippen LogP contribution in [0.3, 0.4) is 0 Å². The first kappa shape index (κ1) is 13.7. The highest BCUT2D eigenvalue weighted by Crippen LogP contribution is 2.36. The van der Waals surface area contributed by atoms with Crippen LogP contribution in [0.1, 0.15) is 39.6 Å². The number of ether oxygens (including phenoxy) is 2. The second-order valence-electron chi connectivity index (χ2n) is 5.31. The van der Waals surface area contributed by atoms with E-state index in [4.69, 9.17) is 9.47 Å². The van der Waals surface area contributed by atoms with Gasteiger partial charge in [-0.05, 0) is 37.0 Å². The van der Waals surface area contributed by atoms with Gasteiger partial charge in [0, 0.05) is 12.1 Å². The smallest absolute Gasteiger partial charge is 0.167 e. The molecule has 1 aromatic carbocycles. The Bertz CT molecular complexity index is 691. The average Bonchev–Trinajstić information content (AvgIpc) is 2.88. The summed E-state index contributed by atoms with van der Waals surface area (Å²) in [7, 11) is 3.23. The second kappa shape index (κ2) is 5.24. The number of carbonyl (C=O) groups excluding carboxylic acids is 1. The van der Waals surface area contributed by atoms with E-state index in [0.717, 1.165) is 28.9 Å². The lowest BCUT2D eigenvalue weighted by Crippen LogP contribution is -2.18. The highest BCUT2D eigenvalue weighted by molar-refractivity contribution is 5.99. The Labute approximate surface area is 123 Å². The van der Waals surface area contributed by atoms with Gasteiger partial charge in [-0.2, -0.15) is 5.10 Å². The molecule has 1 heterocycles. The van der Waals surface area contributed by atoms with Gasteiger partial charge in [0.25, 0.3) is 0 Å². The highest BCUT2D eigenvalue weighted by atomic mass is 16.5. The van der Waals surface area contributed by atoms with Crippen molar-refractivity contribution in [3.05, 3.63) is 40.7 Å². The van der Waals surface area contributed by atoms with Crippen molar-refractivity contribution in [1.82, 2.24) is 10.2 Å². The van der Waals surface area contributed by atoms with Crippen LogP contribution in [0.15, 0.2) is 18.2 Å². The van der Waals surface area contributed by atoms with Gasteiger partial charge in [-0.15, -0.1) is 0 Å². The number of nitrogens with zero attached hydrogens (tertiary/aromatic N) is 1. The summed E-state index contributed by atoms with van der Waals surface area (Å²) >= 11 is 0. The molecule has 0 saturated heterocycles. The number of aryl methyl sites for hydroxylation is 1. The molecule has 0 aliphatic heterocycles. The van der Waals surface area contributed by atoms with Crippen LogP contribution in [-0.4, -0.2) is 30.2 Å². The fourth-order valence-corrected chi connectivity index (χ4v) is 2.97. The number of nitrogens with one attached hydrogen (secondary N) is 1. The largest absolute Gasteiger partial charge is 0.493 e. The van der Waals surface area contributed by atoms with Gasteiger partial charge in [-0.1, -0.05) is 6.07 Å². The number of benzene rings is 1. The molecule has 21 heavy (non-hydrogen) atoms. The van der Waals surface area contributed by atoms with Crippen LogP contribution >= 0.6 is 0 Å². The Morgan fingerprint density at radius 1 is 1.19 bits per heavy atom. The summed E-state index contributed by atoms with van der Waals surface area (Å²) in [5.41, 5.74) is 3.57. The zero-order valence-electron chi connectivity index (χ0n) is 12.4. The lowest BCUT2D eigenvalue weighted by atomic mass is 9.81. The van der Waals surface area contributed by atoms with E-state index < -0.39 is 0 Å². The van der Waals surface area contributed by atoms with Gasteiger partial charge in [-0.25, -0.2) is 0 Å². The standard InChI is InChI=1S/C16H18N2O3/c1-9-16-12(18-17-9)6-11(7-13(16)19)10-4-5-14(20-2)15(8-10)21-3/h4-5,8,11H,6-7H2,1-3H3,(H,17,18)/t11-/m1/s1. The third-order valence-corrected chi connectivity index (χ3v) is 4.05. The van der Waals surface area contributed by atoms with Crippen molar-refractivity contribution in [2.75, 3.05) is 14.2 Å². The fourth-order valence-electron chi connectivity index (χ4n) is 2.97. The molecule has 0 fully saturated rings. The van der Waals surface area contributed by atoms with Crippen LogP contribution in [-0.2, 0) is 6.42 Å². The van der Waals surface area contributed by atoms with Gasteiger partial charge in [-0.3, -0.25) is 9.89 Å². The summed E-state index contributed by atoms with van der Waals surface area (Å²) in [5.74, 6) is 1.67. The van der Waals surface area contributed by atoms with Gasteiger partial charge in [0.05, 0.1) is 25.5 Å². The number of aromatic nitrogens is 2. The summed E-state index contributed by atoms with van der Waals surface area (Å²) in [6.45, 7) is 1.89. The SMILES string of the molecule is COc1ccc([C@H]2CC(=O)c3c(n[nH]c3C)C2)cc1OC. The van der Waals surface area contributed by atoms with Crippen molar-refractivity contribution < 1.29 is 14.3 Å². The summed E-state index contributed by atoms with van der Waals surface area (Å²) < 4.78 is 10.6. The lowest BCUT2D eigenvalue weighted by Gasteiger charge is -2.22. The molecule has 1 aromatic heterocycles. The van der Waals surface area contributed by atoms with Gasteiger partial charge in [0.1, 0.15) is 0 Å². The van der Waals surface area contributed by atoms with E-state index in [1.165, 1.54) is 0 Å². The van der Waals surface area contributed by atoms with Crippen molar-refractivity contribution in [3.63, 3.8) is 0 Å². The Kier molecular flexibility index (Phi) is 3.41. The lowest BCUT2D eigenvalue weighted by molar-refractivity contribution is 0.0963. The van der Waals surface area contributed by atoms with Crippen molar-refractivity contribution >= 4 is 5.78 Å². The minimum Gasteiger partial charge on any atom is -0.493 e. The topological polar surface area (TPSA) is 64.2 Å². The molecule has 0 amide bonds. The van der Waals surface area contributed by atoms with E-state index in [0.29, 0.717) is 17.9 Å². The van der Waals surface area contributed by atoms with Crippen LogP contribution in [0.25, 0.3) is 0 Å². The van der Waals surface area contributed by atoms with Crippen molar-refractivity contribution in [1.29, 1.82) is 0 Å². The quantitative estimate of drug-likeness (QED) is 0.942. The van der Waals surface area contributed by atoms with Crippen LogP contribution < -0.4 is 9.47 Å². The Morgan fingerprint density at radius 3 is 2.67 bits per heavy atom. The normalized spacial score (nSPS) is 17.5. The first-order valence-corrected chi connectivity index (χ1v) is 6.93. The fraction of sp³-hybridized carbons (Fsp3) is 0.375. The first-order chi connectivity index (χ1) is 10.1. The molecule has 1 atom stereocenters. The number of hydrogen-bond donors (Lipinski definition) is 1. The number of aromatic amines is 1. The number of Topliss-reactive ketones (excluding diaryl/α,β-unsaturated/α-hetero) is 1. The maximum atomic E-state index is 12.3. The number of rotatable bonds is 3. The maximum absolute atomic E-state index is 12.3. The molecule has 1 aliphatic carbocycles. The Hall–Kier alpha value is -2.30. The minimum absolute atomic E-state index is 0.132. The van der Waals surface area contributed by atoms with E-state index in [9.17, 15) is 4.79 Å². The zero-order valence-corrected chi connectivity index (χ0v) is 12.4. The number of H-pyrrole nitrogens is 1. The number of carbonyl (C=O) groups is 1. The van der Waals surface area contributed by atoms with Gasteiger partial charge < -0.3 is 9.47 Å². The molecule has 0 unspecified atom stereocenters. The molecule has 3 rings (SSSR count). The third kappa shape index (κ3) is 2.28. The number of ketones is 1. The average molecular weight is 286 g/mol. The van der Waals surface area contributed by atoms with E-state index in [-0.39, 0.29) is 11.7 Å². The molecule has 110 valence electrons. The van der Waals surface area contributed by atoms with Gasteiger partial charge >= 0.3 is 0 Å². The summed E-state index contributed by atoms with van der Waals surface area (Å²) in [6, 6.07) is 5.81. The van der Waals surface area contributed by atoms with Gasteiger partial charge in [0.15, 0.2) is 17.3 Å². The van der Waals surface area contributed by atoms with Crippen LogP contribution in [0.2, 0.25) is 0 Å². The van der Waals surface area contributed by atoms with E-state index >= 15 is 0 Å². The predicted octanol–water partition coefficient (Wildman–Crippen LogP) is 2.65. The van der Waals surface area contributed by atoms with E-state index in [1.54, 1.807) is 14.2 Å². The van der Waals surface area contributed by atoms with Crippen molar-refractivity contribution in [2.24, 2.45) is 0 Å². The molecule has 5 nitrogen and oxygen atoms in total. The van der Waals surface area contributed by atoms with E-state index in [2.05, 4.69) is 10.2 Å². The molecule has 2 aromatic rings. The van der Waals surface area contributed by atoms with Crippen molar-refractivity contribution in [2.45, 2.75) is 25.7 Å². The molecule has 5 heteroatoms. The second-order valence-corrected chi connectivity index (χ2v) is 5.31. The number of fused-ring (bicyclic) bond motifs is 1. The Morgan fingerprint density at radius 2 is 1.95 bits per heavy atom. The third-order valence-electron chi connectivity index (χ3n) is 4.05. The minimum atomic E-state index is 0.132. The molecule has 1 aliphatic rings. The molecular weight excluding hydrogens is 268 g/mol. The summed E-state index contributed by atoms with van der Waals surface area (Å²) in [6.07, 6.45) is 1.27. The van der Waals surface area contributed by atoms with Gasteiger partial charge in [0.2, 0.25) is 0 Å². The van der Waals surface area contributed by atoms with E-state index in [1.807, 2.05) is 25.1 Å². The summed E-state index contributed by atoms with van der Waals surface area (Å²) in [5, 5.41) is 7.16. The maximum Gasteiger partial charge on any atom is 0.167 e. The molecular formula is C16H18N2O3. The first-order valence-electron chi connectivity index (χ1n) is 6.93. The molecule has 0 radical (unpaired) electrons. The van der Waals surface area contributed by atoms with Crippen LogP contribution in [0, 0.1) is 6.92 Å². The molecule has 1 N–H and O–H groups in total. The molecule has 0 spiro atoms. The summed E-state index contributed by atoms with van der Waals surface area (Å²) in [4.78, 5) is 12.3. The Balaban J connectivity index is 1.94. The monoisotopic (exact) mass is 286 g/mol. The number of methoxy groups -OCH3 is 2. The van der Waals surface area contributed by atoms with Crippen molar-refractivity contribution in [3.8, 4) is 11.5 Å². The molecule has 0 saturated carbocycles. The zero-order chi connectivity index (χ0) is 15.0. The molecule has 0 bridgehead atoms. The predicted molar refractivity (Wildman–Crippen MR) is 78.3 cm³/mol. The highest BCUT2D eigenvalue weighted by Gasteiger charge is 2.30. The van der Waals surface area contributed by atoms with Crippen LogP contribution in [0.4, 0.5) is 0 Å². The number of hydrogen-bond acceptors (Lipinski definition) is 4.